The third-order valence-corrected chi connectivity index (χ3v) is 6.00. The summed E-state index contributed by atoms with van der Waals surface area (Å²) < 4.78 is 77.5. The van der Waals surface area contributed by atoms with E-state index in [1.165, 1.54) is 46.1 Å². The average molecular weight is 566 g/mol. The fourth-order valence-corrected chi connectivity index (χ4v) is 4.29. The molecule has 2 aromatic carbocycles. The molecule has 2 heterocycles. The van der Waals surface area contributed by atoms with Gasteiger partial charge in [-0.3, -0.25) is 9.20 Å². The molecule has 6 nitrogen and oxygen atoms in total. The van der Waals surface area contributed by atoms with Crippen LogP contribution in [0.15, 0.2) is 54.0 Å². The highest BCUT2D eigenvalue weighted by Crippen LogP contribution is 2.35. The zero-order valence-electron chi connectivity index (χ0n) is 21.1. The van der Waals surface area contributed by atoms with E-state index in [9.17, 15) is 26.7 Å². The second-order valence-electron chi connectivity index (χ2n) is 9.67. The summed E-state index contributed by atoms with van der Waals surface area (Å²) in [6.07, 6.45) is 0.0948. The minimum Gasteiger partial charge on any atom is -0.489 e. The molecule has 0 saturated carbocycles. The monoisotopic (exact) mass is 565 g/mol. The van der Waals surface area contributed by atoms with E-state index >= 15 is 0 Å². The maximum Gasteiger partial charge on any atom is 0.416 e. The normalized spacial score (nSPS) is 12.4. The fourth-order valence-electron chi connectivity index (χ4n) is 3.57. The minimum absolute atomic E-state index is 0.0374. The van der Waals surface area contributed by atoms with Crippen molar-refractivity contribution in [2.75, 3.05) is 11.9 Å². The first-order valence-electron chi connectivity index (χ1n) is 11.6. The standard InChI is InChI=1S/C27H24F5N3O3S/c1-26(2,3)15-37-22-16(6-4-9-20(22)38-24(28)29)10-11-19-21(35-12-13-39-25(35)34-19)23(36)33-18-8-5-7-17(14-18)27(30,31)32/h4-14,24H,15H2,1-3H3,(H,33,36). The molecule has 0 saturated heterocycles. The van der Waals surface area contributed by atoms with Crippen LogP contribution in [-0.4, -0.2) is 28.5 Å². The number of alkyl halides is 5. The number of aromatic nitrogens is 2. The highest BCUT2D eigenvalue weighted by molar-refractivity contribution is 7.15. The third-order valence-electron chi connectivity index (χ3n) is 5.25. The summed E-state index contributed by atoms with van der Waals surface area (Å²) in [5.41, 5.74) is -0.516. The van der Waals surface area contributed by atoms with Gasteiger partial charge < -0.3 is 14.8 Å². The Hall–Kier alpha value is -3.93. The quantitative estimate of drug-likeness (QED) is 0.221. The van der Waals surface area contributed by atoms with Gasteiger partial charge in [0.1, 0.15) is 5.69 Å². The van der Waals surface area contributed by atoms with Crippen molar-refractivity contribution in [3.8, 4) is 11.5 Å². The Labute approximate surface area is 224 Å². The van der Waals surface area contributed by atoms with Crippen molar-refractivity contribution in [3.05, 3.63) is 76.6 Å². The summed E-state index contributed by atoms with van der Waals surface area (Å²) in [5, 5.41) is 4.21. The highest BCUT2D eigenvalue weighted by atomic mass is 32.1. The number of halogens is 5. The molecule has 206 valence electrons. The van der Waals surface area contributed by atoms with E-state index in [4.69, 9.17) is 4.74 Å². The van der Waals surface area contributed by atoms with Crippen molar-refractivity contribution in [3.63, 3.8) is 0 Å². The number of rotatable bonds is 8. The molecule has 4 aromatic rings. The van der Waals surface area contributed by atoms with Gasteiger partial charge in [-0.1, -0.05) is 39.0 Å². The van der Waals surface area contributed by atoms with Crippen LogP contribution in [0.5, 0.6) is 11.5 Å². The predicted molar refractivity (Wildman–Crippen MR) is 139 cm³/mol. The number of hydrogen-bond donors (Lipinski definition) is 1. The lowest BCUT2D eigenvalue weighted by Gasteiger charge is -2.21. The van der Waals surface area contributed by atoms with Crippen LogP contribution in [0.2, 0.25) is 0 Å². The molecule has 2 aromatic heterocycles. The molecule has 0 spiro atoms. The van der Waals surface area contributed by atoms with Gasteiger partial charge >= 0.3 is 12.8 Å². The van der Waals surface area contributed by atoms with Gasteiger partial charge in [0, 0.05) is 22.8 Å². The molecule has 0 bridgehead atoms. The van der Waals surface area contributed by atoms with Crippen LogP contribution >= 0.6 is 11.3 Å². The van der Waals surface area contributed by atoms with E-state index in [1.54, 1.807) is 23.7 Å². The molecule has 0 aliphatic carbocycles. The number of nitrogens with one attached hydrogen (secondary N) is 1. The van der Waals surface area contributed by atoms with Crippen LogP contribution in [0.1, 0.15) is 48.1 Å². The number of imidazole rings is 1. The molecule has 1 amide bonds. The molecule has 0 fully saturated rings. The van der Waals surface area contributed by atoms with E-state index in [0.717, 1.165) is 12.1 Å². The molecular formula is C27H24F5N3O3S. The van der Waals surface area contributed by atoms with Gasteiger partial charge in [-0.2, -0.15) is 22.0 Å². The summed E-state index contributed by atoms with van der Waals surface area (Å²) >= 11 is 1.26. The van der Waals surface area contributed by atoms with Crippen LogP contribution in [0.3, 0.4) is 0 Å². The Morgan fingerprint density at radius 1 is 1.13 bits per heavy atom. The zero-order valence-corrected chi connectivity index (χ0v) is 21.9. The van der Waals surface area contributed by atoms with Crippen molar-refractivity contribution in [1.29, 1.82) is 0 Å². The number of anilines is 1. The van der Waals surface area contributed by atoms with Gasteiger partial charge in [-0.05, 0) is 41.8 Å². The van der Waals surface area contributed by atoms with Gasteiger partial charge in [0.15, 0.2) is 16.5 Å². The Morgan fingerprint density at radius 3 is 2.56 bits per heavy atom. The van der Waals surface area contributed by atoms with Crippen molar-refractivity contribution < 1.29 is 36.2 Å². The van der Waals surface area contributed by atoms with Gasteiger partial charge in [-0.15, -0.1) is 11.3 Å². The number of ether oxygens (including phenoxy) is 2. The van der Waals surface area contributed by atoms with Crippen LogP contribution in [0, 0.1) is 5.41 Å². The lowest BCUT2D eigenvalue weighted by Crippen LogP contribution is -2.18. The van der Waals surface area contributed by atoms with E-state index in [-0.39, 0.29) is 40.6 Å². The number of benzene rings is 2. The van der Waals surface area contributed by atoms with Crippen molar-refractivity contribution in [2.45, 2.75) is 33.6 Å². The Kier molecular flexibility index (Phi) is 7.96. The van der Waals surface area contributed by atoms with Gasteiger partial charge in [-0.25, -0.2) is 4.98 Å². The Bertz CT molecular complexity index is 1500. The number of carbonyl (C=O) groups excluding carboxylic acids is 1. The molecule has 0 aliphatic heterocycles. The fraction of sp³-hybridized carbons (Fsp3) is 0.259. The molecule has 0 unspecified atom stereocenters. The van der Waals surface area contributed by atoms with Crippen LogP contribution in [0.25, 0.3) is 17.1 Å². The van der Waals surface area contributed by atoms with Crippen molar-refractivity contribution in [2.24, 2.45) is 5.41 Å². The maximum absolute atomic E-state index is 13.2. The number of amides is 1. The van der Waals surface area contributed by atoms with E-state index in [2.05, 4.69) is 15.0 Å². The minimum atomic E-state index is -4.57. The Morgan fingerprint density at radius 2 is 1.87 bits per heavy atom. The third kappa shape index (κ3) is 6.94. The van der Waals surface area contributed by atoms with Crippen molar-refractivity contribution in [1.82, 2.24) is 9.38 Å². The molecule has 0 aliphatic rings. The number of para-hydroxylation sites is 1. The SMILES string of the molecule is CC(C)(C)COc1c(C=Cc2nc3sccn3c2C(=O)Nc2cccc(C(F)(F)F)c2)cccc1OC(F)F. The largest absolute Gasteiger partial charge is 0.489 e. The number of nitrogens with zero attached hydrogens (tertiary/aromatic N) is 2. The maximum atomic E-state index is 13.2. The molecule has 12 heteroatoms. The first-order valence-corrected chi connectivity index (χ1v) is 12.5. The van der Waals surface area contributed by atoms with Crippen LogP contribution in [0.4, 0.5) is 27.6 Å². The van der Waals surface area contributed by atoms with Crippen molar-refractivity contribution >= 4 is 40.0 Å². The van der Waals surface area contributed by atoms with E-state index < -0.39 is 24.3 Å². The summed E-state index contributed by atoms with van der Waals surface area (Å²) in [7, 11) is 0. The summed E-state index contributed by atoms with van der Waals surface area (Å²) in [6, 6.07) is 8.81. The smallest absolute Gasteiger partial charge is 0.416 e. The molecular weight excluding hydrogens is 541 g/mol. The molecule has 39 heavy (non-hydrogen) atoms. The van der Waals surface area contributed by atoms with Crippen LogP contribution < -0.4 is 14.8 Å². The van der Waals surface area contributed by atoms with E-state index in [1.807, 2.05) is 20.8 Å². The lowest BCUT2D eigenvalue weighted by atomic mass is 9.98. The molecule has 0 atom stereocenters. The van der Waals surface area contributed by atoms with Crippen LogP contribution in [-0.2, 0) is 6.18 Å². The number of fused-ring (bicyclic) bond motifs is 1. The topological polar surface area (TPSA) is 64.9 Å². The van der Waals surface area contributed by atoms with Gasteiger partial charge in [0.05, 0.1) is 17.9 Å². The second-order valence-corrected chi connectivity index (χ2v) is 10.5. The molecule has 0 radical (unpaired) electrons. The average Bonchev–Trinajstić information content (AvgIpc) is 3.41. The number of carbonyl (C=O) groups is 1. The summed E-state index contributed by atoms with van der Waals surface area (Å²) in [4.78, 5) is 18.2. The first-order chi connectivity index (χ1) is 18.3. The molecule has 4 rings (SSSR count). The number of hydrogen-bond acceptors (Lipinski definition) is 5. The summed E-state index contributed by atoms with van der Waals surface area (Å²) in [5.74, 6) is -0.733. The lowest BCUT2D eigenvalue weighted by molar-refractivity contribution is -0.137. The first kappa shape index (κ1) is 28.1. The summed E-state index contributed by atoms with van der Waals surface area (Å²) in [6.45, 7) is 2.92. The highest BCUT2D eigenvalue weighted by Gasteiger charge is 2.30. The van der Waals surface area contributed by atoms with E-state index in [0.29, 0.717) is 10.5 Å². The van der Waals surface area contributed by atoms with Gasteiger partial charge in [0.25, 0.3) is 5.91 Å². The predicted octanol–water partition coefficient (Wildman–Crippen LogP) is 7.86. The molecule has 1 N–H and O–H groups in total. The Balaban J connectivity index is 1.69. The zero-order chi connectivity index (χ0) is 28.4. The van der Waals surface area contributed by atoms with Gasteiger partial charge in [0.2, 0.25) is 0 Å². The number of thiazole rings is 1. The second kappa shape index (κ2) is 11.0.